The maximum Gasteiger partial charge on any atom is 0.309 e. The molecule has 0 saturated carbocycles. The van der Waals surface area contributed by atoms with Crippen LogP contribution in [0.2, 0.25) is 0 Å². The molecule has 0 spiro atoms. The van der Waals surface area contributed by atoms with Crippen molar-refractivity contribution in [3.8, 4) is 11.5 Å². The molecule has 1 atom stereocenters. The van der Waals surface area contributed by atoms with Gasteiger partial charge in [0.05, 0.1) is 33.1 Å². The van der Waals surface area contributed by atoms with Gasteiger partial charge in [0, 0.05) is 0 Å². The summed E-state index contributed by atoms with van der Waals surface area (Å²) in [6.07, 6.45) is 1.50. The average Bonchev–Trinajstić information content (AvgIpc) is 3.12. The van der Waals surface area contributed by atoms with Gasteiger partial charge in [0.2, 0.25) is 0 Å². The monoisotopic (exact) mass is 332 g/mol. The fourth-order valence-corrected chi connectivity index (χ4v) is 2.13. The molecule has 0 aliphatic carbocycles. The maximum absolute atomic E-state index is 12.0. The van der Waals surface area contributed by atoms with E-state index in [-0.39, 0.29) is 12.6 Å². The van der Waals surface area contributed by atoms with Crippen LogP contribution in [0, 0.1) is 0 Å². The standard InChI is InChI=1S/C17H20N2O5/c1-11(12-6-7-14(22-2)15(9-12)23-3)19-17(21)16(20)18-10-13-5-4-8-24-13/h4-9,11H,10H2,1-3H3,(H,18,20)(H,19,21). The van der Waals surface area contributed by atoms with Gasteiger partial charge >= 0.3 is 11.8 Å². The molecule has 1 unspecified atom stereocenters. The number of methoxy groups -OCH3 is 2. The van der Waals surface area contributed by atoms with Gasteiger partial charge in [-0.25, -0.2) is 0 Å². The second-order valence-electron chi connectivity index (χ2n) is 5.07. The van der Waals surface area contributed by atoms with Crippen molar-refractivity contribution in [1.29, 1.82) is 0 Å². The van der Waals surface area contributed by atoms with E-state index in [1.807, 2.05) is 0 Å². The van der Waals surface area contributed by atoms with Gasteiger partial charge < -0.3 is 24.5 Å². The van der Waals surface area contributed by atoms with Crippen LogP contribution in [0.4, 0.5) is 0 Å². The van der Waals surface area contributed by atoms with Crippen LogP contribution < -0.4 is 20.1 Å². The molecular weight excluding hydrogens is 312 g/mol. The van der Waals surface area contributed by atoms with Crippen LogP contribution in [-0.2, 0) is 16.1 Å². The van der Waals surface area contributed by atoms with Crippen LogP contribution in [0.15, 0.2) is 41.0 Å². The molecule has 0 radical (unpaired) electrons. The molecule has 0 fully saturated rings. The van der Waals surface area contributed by atoms with Gasteiger partial charge in [-0.1, -0.05) is 6.07 Å². The van der Waals surface area contributed by atoms with Gasteiger partial charge in [0.1, 0.15) is 5.76 Å². The molecule has 1 aromatic carbocycles. The number of carbonyl (C=O) groups is 2. The Kier molecular flexibility index (Phi) is 5.83. The molecule has 0 aliphatic heterocycles. The van der Waals surface area contributed by atoms with Crippen LogP contribution in [0.3, 0.4) is 0 Å². The number of rotatable bonds is 6. The highest BCUT2D eigenvalue weighted by Crippen LogP contribution is 2.29. The van der Waals surface area contributed by atoms with Crippen molar-refractivity contribution in [2.45, 2.75) is 19.5 Å². The topological polar surface area (TPSA) is 89.8 Å². The Bertz CT molecular complexity index is 697. The van der Waals surface area contributed by atoms with E-state index in [4.69, 9.17) is 13.9 Å². The number of furan rings is 1. The number of benzene rings is 1. The Morgan fingerprint density at radius 2 is 1.88 bits per heavy atom. The number of amides is 2. The lowest BCUT2D eigenvalue weighted by Gasteiger charge is -2.16. The number of carbonyl (C=O) groups excluding carboxylic acids is 2. The molecular formula is C17H20N2O5. The predicted molar refractivity (Wildman–Crippen MR) is 86.7 cm³/mol. The Labute approximate surface area is 139 Å². The van der Waals surface area contributed by atoms with Crippen molar-refractivity contribution in [1.82, 2.24) is 10.6 Å². The fourth-order valence-electron chi connectivity index (χ4n) is 2.13. The van der Waals surface area contributed by atoms with E-state index >= 15 is 0 Å². The second kappa shape index (κ2) is 8.05. The van der Waals surface area contributed by atoms with Crippen LogP contribution in [0.25, 0.3) is 0 Å². The minimum atomic E-state index is -0.723. The Morgan fingerprint density at radius 3 is 2.50 bits per heavy atom. The highest BCUT2D eigenvalue weighted by atomic mass is 16.5. The summed E-state index contributed by atoms with van der Waals surface area (Å²) in [6, 6.07) is 8.35. The fraction of sp³-hybridized carbons (Fsp3) is 0.294. The van der Waals surface area contributed by atoms with Gasteiger partial charge in [-0.2, -0.15) is 0 Å². The third-order valence-corrected chi connectivity index (χ3v) is 3.46. The molecule has 2 amide bonds. The van der Waals surface area contributed by atoms with Gasteiger partial charge in [0.25, 0.3) is 0 Å². The van der Waals surface area contributed by atoms with E-state index < -0.39 is 11.8 Å². The minimum Gasteiger partial charge on any atom is -0.493 e. The summed E-state index contributed by atoms with van der Waals surface area (Å²) in [7, 11) is 3.08. The van der Waals surface area contributed by atoms with Crippen LogP contribution >= 0.6 is 0 Å². The zero-order valence-electron chi connectivity index (χ0n) is 13.8. The maximum atomic E-state index is 12.0. The van der Waals surface area contributed by atoms with Gasteiger partial charge in [-0.15, -0.1) is 0 Å². The first kappa shape index (κ1) is 17.4. The largest absolute Gasteiger partial charge is 0.493 e. The number of nitrogens with one attached hydrogen (secondary N) is 2. The quantitative estimate of drug-likeness (QED) is 0.787. The highest BCUT2D eigenvalue weighted by molar-refractivity contribution is 6.35. The molecule has 24 heavy (non-hydrogen) atoms. The lowest BCUT2D eigenvalue weighted by Crippen LogP contribution is -2.40. The van der Waals surface area contributed by atoms with Crippen LogP contribution in [0.5, 0.6) is 11.5 Å². The first-order valence-electron chi connectivity index (χ1n) is 7.38. The lowest BCUT2D eigenvalue weighted by atomic mass is 10.1. The summed E-state index contributed by atoms with van der Waals surface area (Å²) in [6.45, 7) is 1.93. The molecule has 0 saturated heterocycles. The van der Waals surface area contributed by atoms with Crippen molar-refractivity contribution in [3.05, 3.63) is 47.9 Å². The molecule has 2 aromatic rings. The summed E-state index contributed by atoms with van der Waals surface area (Å²) in [5, 5.41) is 5.13. The zero-order chi connectivity index (χ0) is 17.5. The lowest BCUT2D eigenvalue weighted by molar-refractivity contribution is -0.139. The van der Waals surface area contributed by atoms with E-state index in [1.54, 1.807) is 44.4 Å². The van der Waals surface area contributed by atoms with Gasteiger partial charge in [-0.05, 0) is 36.8 Å². The van der Waals surface area contributed by atoms with Crippen molar-refractivity contribution < 1.29 is 23.5 Å². The SMILES string of the molecule is COc1ccc(C(C)NC(=O)C(=O)NCc2ccco2)cc1OC. The Morgan fingerprint density at radius 1 is 1.12 bits per heavy atom. The third kappa shape index (κ3) is 4.28. The number of ether oxygens (including phenoxy) is 2. The molecule has 2 N–H and O–H groups in total. The molecule has 0 bridgehead atoms. The van der Waals surface area contributed by atoms with E-state index in [0.29, 0.717) is 17.3 Å². The van der Waals surface area contributed by atoms with E-state index in [9.17, 15) is 9.59 Å². The van der Waals surface area contributed by atoms with Crippen molar-refractivity contribution in [3.63, 3.8) is 0 Å². The van der Waals surface area contributed by atoms with E-state index in [1.165, 1.54) is 13.4 Å². The van der Waals surface area contributed by atoms with Crippen LogP contribution in [0.1, 0.15) is 24.3 Å². The second-order valence-corrected chi connectivity index (χ2v) is 5.07. The normalized spacial score (nSPS) is 11.5. The van der Waals surface area contributed by atoms with E-state index in [0.717, 1.165) is 5.56 Å². The Balaban J connectivity index is 1.94. The Hall–Kier alpha value is -2.96. The first-order valence-corrected chi connectivity index (χ1v) is 7.38. The molecule has 1 heterocycles. The number of hydrogen-bond donors (Lipinski definition) is 2. The summed E-state index contributed by atoms with van der Waals surface area (Å²) in [5.74, 6) is 0.279. The van der Waals surface area contributed by atoms with Crippen LogP contribution in [-0.4, -0.2) is 26.0 Å². The van der Waals surface area contributed by atoms with E-state index in [2.05, 4.69) is 10.6 Å². The molecule has 7 heteroatoms. The van der Waals surface area contributed by atoms with Gasteiger partial charge in [-0.3, -0.25) is 9.59 Å². The number of hydrogen-bond acceptors (Lipinski definition) is 5. The highest BCUT2D eigenvalue weighted by Gasteiger charge is 2.18. The zero-order valence-corrected chi connectivity index (χ0v) is 13.8. The molecule has 0 aliphatic rings. The van der Waals surface area contributed by atoms with Gasteiger partial charge in [0.15, 0.2) is 11.5 Å². The minimum absolute atomic E-state index is 0.157. The molecule has 2 rings (SSSR count). The average molecular weight is 332 g/mol. The summed E-state index contributed by atoms with van der Waals surface area (Å²) >= 11 is 0. The van der Waals surface area contributed by atoms with Crippen molar-refractivity contribution in [2.24, 2.45) is 0 Å². The summed E-state index contributed by atoms with van der Waals surface area (Å²) < 4.78 is 15.5. The summed E-state index contributed by atoms with van der Waals surface area (Å²) in [4.78, 5) is 23.8. The molecule has 7 nitrogen and oxygen atoms in total. The smallest absolute Gasteiger partial charge is 0.309 e. The van der Waals surface area contributed by atoms with Crippen molar-refractivity contribution >= 4 is 11.8 Å². The predicted octanol–water partition coefficient (Wildman–Crippen LogP) is 1.79. The molecule has 128 valence electrons. The third-order valence-electron chi connectivity index (χ3n) is 3.46. The van der Waals surface area contributed by atoms with Crippen molar-refractivity contribution in [2.75, 3.05) is 14.2 Å². The first-order chi connectivity index (χ1) is 11.5. The molecule has 1 aromatic heterocycles. The summed E-state index contributed by atoms with van der Waals surface area (Å²) in [5.41, 5.74) is 0.792.